The highest BCUT2D eigenvalue weighted by Gasteiger charge is 2.67. The zero-order valence-corrected chi connectivity index (χ0v) is 20.6. The van der Waals surface area contributed by atoms with E-state index in [-0.39, 0.29) is 24.0 Å². The highest BCUT2D eigenvalue weighted by molar-refractivity contribution is 6.01. The first-order valence-electron chi connectivity index (χ1n) is 12.4. The van der Waals surface area contributed by atoms with E-state index in [1.165, 1.54) is 6.08 Å². The molecule has 4 aliphatic carbocycles. The number of Topliss-reactive ketones (excluding diaryl/α,β-unsaturated/α-hetero) is 1. The van der Waals surface area contributed by atoms with Crippen LogP contribution in [0, 0.1) is 28.6 Å². The Morgan fingerprint density at radius 3 is 2.49 bits per heavy atom. The van der Waals surface area contributed by atoms with Crippen molar-refractivity contribution in [3.8, 4) is 0 Å². The number of carbonyl (C=O) groups is 4. The molecule has 7 atom stereocenters. The molecule has 7 nitrogen and oxygen atoms in total. The highest BCUT2D eigenvalue weighted by atomic mass is 19.4. The number of alkyl halides is 4. The van der Waals surface area contributed by atoms with Gasteiger partial charge in [-0.1, -0.05) is 18.6 Å². The fourth-order valence-corrected chi connectivity index (χ4v) is 7.26. The maximum absolute atomic E-state index is 16.9. The first kappa shape index (κ1) is 27.5. The summed E-state index contributed by atoms with van der Waals surface area (Å²) in [6.45, 7) is 1.83. The van der Waals surface area contributed by atoms with E-state index >= 15 is 4.39 Å². The second-order valence-corrected chi connectivity index (χ2v) is 11.0. The van der Waals surface area contributed by atoms with Crippen LogP contribution in [0.15, 0.2) is 23.8 Å². The molecule has 0 spiro atoms. The molecule has 0 saturated heterocycles. The summed E-state index contributed by atoms with van der Waals surface area (Å²) < 4.78 is 62.1. The van der Waals surface area contributed by atoms with Crippen LogP contribution in [0.2, 0.25) is 0 Å². The van der Waals surface area contributed by atoms with Crippen molar-refractivity contribution < 1.29 is 51.3 Å². The third kappa shape index (κ3) is 4.53. The quantitative estimate of drug-likeness (QED) is 0.413. The predicted molar refractivity (Wildman–Crippen MR) is 119 cm³/mol. The van der Waals surface area contributed by atoms with E-state index in [1.54, 1.807) is 12.2 Å². The number of allylic oxidation sites excluding steroid dienone is 4. The number of esters is 2. The number of halogens is 4. The van der Waals surface area contributed by atoms with Gasteiger partial charge in [0.2, 0.25) is 0 Å². The first-order chi connectivity index (χ1) is 17.1. The number of carbonyl (C=O) groups excluding carboxylic acids is 4. The van der Waals surface area contributed by atoms with E-state index in [0.29, 0.717) is 32.1 Å². The van der Waals surface area contributed by atoms with Gasteiger partial charge in [-0.25, -0.2) is 14.0 Å². The van der Waals surface area contributed by atoms with Crippen molar-refractivity contribution in [3.05, 3.63) is 23.8 Å². The lowest BCUT2D eigenvalue weighted by Gasteiger charge is -2.60. The Morgan fingerprint density at radius 1 is 1.11 bits per heavy atom. The number of rotatable bonds is 6. The molecule has 0 aromatic rings. The second kappa shape index (κ2) is 9.32. The largest absolute Gasteiger partial charge is 0.490 e. The van der Waals surface area contributed by atoms with E-state index in [1.807, 2.05) is 13.8 Å². The minimum atomic E-state index is -5.27. The van der Waals surface area contributed by atoms with Crippen LogP contribution >= 0.6 is 0 Å². The van der Waals surface area contributed by atoms with Crippen LogP contribution in [0.1, 0.15) is 52.4 Å². The molecule has 1 unspecified atom stereocenters. The van der Waals surface area contributed by atoms with Crippen LogP contribution in [-0.4, -0.2) is 59.8 Å². The van der Waals surface area contributed by atoms with Gasteiger partial charge in [0.05, 0.1) is 0 Å². The van der Waals surface area contributed by atoms with Gasteiger partial charge in [0.1, 0.15) is 18.9 Å². The molecular formula is C26H30F4O7. The van der Waals surface area contributed by atoms with Crippen molar-refractivity contribution in [2.75, 3.05) is 13.2 Å². The van der Waals surface area contributed by atoms with Gasteiger partial charge >= 0.3 is 18.1 Å². The monoisotopic (exact) mass is 530 g/mol. The standard InChI is InChI=1S/C26H30F4O7/c1-23-9-10-25(27)17(4-3-14-11-15(31)7-8-24(14,25)2)16(23)5-6-18(23)19(32)12-36-21(34)20(33)13-37-22(35)26(28,29)30/h7-8,11,16-18,20,33H,3-6,9-10,12-13H2,1-2H3/t16-,17-,18+,20?,23-,24-,25+/m0/s1. The molecule has 11 heteroatoms. The molecule has 4 rings (SSSR count). The molecule has 37 heavy (non-hydrogen) atoms. The molecule has 204 valence electrons. The summed E-state index contributed by atoms with van der Waals surface area (Å²) in [5, 5.41) is 9.64. The maximum atomic E-state index is 16.9. The fourth-order valence-electron chi connectivity index (χ4n) is 7.26. The molecule has 3 fully saturated rings. The zero-order valence-electron chi connectivity index (χ0n) is 20.6. The number of ketones is 2. The smallest absolute Gasteiger partial charge is 0.456 e. The Morgan fingerprint density at radius 2 is 1.81 bits per heavy atom. The summed E-state index contributed by atoms with van der Waals surface area (Å²) in [7, 11) is 0. The van der Waals surface area contributed by atoms with Gasteiger partial charge < -0.3 is 14.6 Å². The third-order valence-corrected chi connectivity index (χ3v) is 9.28. The molecule has 0 amide bonds. The van der Waals surface area contributed by atoms with Gasteiger partial charge in [-0.05, 0) is 74.9 Å². The lowest BCUT2D eigenvalue weighted by atomic mass is 9.46. The molecule has 1 N–H and O–H groups in total. The van der Waals surface area contributed by atoms with Crippen molar-refractivity contribution >= 4 is 23.5 Å². The Labute approximate surface area is 211 Å². The predicted octanol–water partition coefficient (Wildman–Crippen LogP) is 3.58. The molecule has 0 radical (unpaired) electrons. The molecule has 4 aliphatic rings. The van der Waals surface area contributed by atoms with Crippen molar-refractivity contribution in [1.82, 2.24) is 0 Å². The SMILES string of the molecule is C[C@]12CC[C@@]3(F)[C@@H](CCC4=CC(=O)C=C[C@@]43C)[C@@H]1CC[C@@H]2C(=O)COC(=O)C(O)COC(=O)C(F)(F)F. The Bertz CT molecular complexity index is 1070. The van der Waals surface area contributed by atoms with Crippen molar-refractivity contribution in [3.63, 3.8) is 0 Å². The van der Waals surface area contributed by atoms with Gasteiger partial charge in [-0.2, -0.15) is 13.2 Å². The number of aliphatic hydroxyl groups is 1. The third-order valence-electron chi connectivity index (χ3n) is 9.28. The van der Waals surface area contributed by atoms with E-state index in [0.717, 1.165) is 5.57 Å². The van der Waals surface area contributed by atoms with Gasteiger partial charge in [-0.15, -0.1) is 0 Å². The minimum Gasteiger partial charge on any atom is -0.456 e. The molecular weight excluding hydrogens is 500 g/mol. The van der Waals surface area contributed by atoms with Crippen molar-refractivity contribution in [2.45, 2.75) is 70.3 Å². The fraction of sp³-hybridized carbons (Fsp3) is 0.692. The molecule has 0 bridgehead atoms. The summed E-state index contributed by atoms with van der Waals surface area (Å²) in [6.07, 6.45) is 0.105. The maximum Gasteiger partial charge on any atom is 0.490 e. The van der Waals surface area contributed by atoms with Gasteiger partial charge in [-0.3, -0.25) is 9.59 Å². The minimum absolute atomic E-state index is 0.0901. The van der Waals surface area contributed by atoms with Crippen LogP contribution in [0.3, 0.4) is 0 Å². The van der Waals surface area contributed by atoms with Crippen molar-refractivity contribution in [1.29, 1.82) is 0 Å². The summed E-state index contributed by atoms with van der Waals surface area (Å²) in [5.74, 6) is -5.40. The molecule has 0 heterocycles. The van der Waals surface area contributed by atoms with Crippen LogP contribution in [-0.2, 0) is 28.7 Å². The molecule has 0 aromatic carbocycles. The van der Waals surface area contributed by atoms with Gasteiger partial charge in [0.25, 0.3) is 0 Å². The van der Waals surface area contributed by atoms with E-state index in [9.17, 15) is 37.5 Å². The number of hydrogen-bond donors (Lipinski definition) is 1. The van der Waals surface area contributed by atoms with Crippen LogP contribution in [0.4, 0.5) is 17.6 Å². The lowest BCUT2D eigenvalue weighted by molar-refractivity contribution is -0.203. The van der Waals surface area contributed by atoms with Crippen molar-refractivity contribution in [2.24, 2.45) is 28.6 Å². The molecule has 0 aromatic heterocycles. The zero-order chi connectivity index (χ0) is 27.4. The van der Waals surface area contributed by atoms with E-state index in [2.05, 4.69) is 4.74 Å². The molecule has 3 saturated carbocycles. The van der Waals surface area contributed by atoms with Crippen LogP contribution in [0.25, 0.3) is 0 Å². The average Bonchev–Trinajstić information content (AvgIpc) is 3.18. The average molecular weight is 531 g/mol. The number of ether oxygens (including phenoxy) is 2. The number of aliphatic hydroxyl groups excluding tert-OH is 1. The van der Waals surface area contributed by atoms with Crippen LogP contribution < -0.4 is 0 Å². The second-order valence-electron chi connectivity index (χ2n) is 11.0. The summed E-state index contributed by atoms with van der Waals surface area (Å²) in [4.78, 5) is 47.6. The summed E-state index contributed by atoms with van der Waals surface area (Å²) in [6, 6.07) is 0. The van der Waals surface area contributed by atoms with Gasteiger partial charge in [0.15, 0.2) is 17.7 Å². The summed E-state index contributed by atoms with van der Waals surface area (Å²) in [5.41, 5.74) is -2.16. The Hall–Kier alpha value is -2.56. The summed E-state index contributed by atoms with van der Waals surface area (Å²) >= 11 is 0. The van der Waals surface area contributed by atoms with E-state index < -0.39 is 65.6 Å². The Balaban J connectivity index is 1.39. The Kier molecular flexibility index (Phi) is 6.92. The van der Waals surface area contributed by atoms with Gasteiger partial charge in [0, 0.05) is 11.3 Å². The van der Waals surface area contributed by atoms with Crippen LogP contribution in [0.5, 0.6) is 0 Å². The number of hydrogen-bond acceptors (Lipinski definition) is 7. The topological polar surface area (TPSA) is 107 Å². The first-order valence-corrected chi connectivity index (χ1v) is 12.4. The normalized spacial score (nSPS) is 37.5. The number of fused-ring (bicyclic) bond motifs is 5. The lowest BCUT2D eigenvalue weighted by Crippen LogP contribution is -2.60. The van der Waals surface area contributed by atoms with E-state index in [4.69, 9.17) is 4.74 Å². The highest BCUT2D eigenvalue weighted by Crippen LogP contribution is 2.68. The molecule has 0 aliphatic heterocycles.